The van der Waals surface area contributed by atoms with Gasteiger partial charge in [0.2, 0.25) is 11.8 Å². The average molecular weight is 284 g/mol. The zero-order valence-corrected chi connectivity index (χ0v) is 13.2. The first-order valence-electron chi connectivity index (χ1n) is 7.25. The lowest BCUT2D eigenvalue weighted by molar-refractivity contribution is -0.129. The van der Waals surface area contributed by atoms with Gasteiger partial charge in [0.1, 0.15) is 0 Å². The van der Waals surface area contributed by atoms with Gasteiger partial charge in [-0.2, -0.15) is 0 Å². The summed E-state index contributed by atoms with van der Waals surface area (Å²) in [6, 6.07) is 0. The SMILES string of the molecule is CN(C)CCCNC(=O)C1CC(=O)N(CCN(C)C)C1. The second-order valence-corrected chi connectivity index (χ2v) is 5.99. The number of carbonyl (C=O) groups is 2. The molecule has 0 radical (unpaired) electrons. The molecule has 1 atom stereocenters. The maximum atomic E-state index is 12.0. The predicted molar refractivity (Wildman–Crippen MR) is 79.4 cm³/mol. The number of likely N-dealkylation sites (N-methyl/N-ethyl adjacent to an activating group) is 1. The van der Waals surface area contributed by atoms with E-state index in [9.17, 15) is 9.59 Å². The molecule has 1 saturated heterocycles. The smallest absolute Gasteiger partial charge is 0.225 e. The minimum absolute atomic E-state index is 0.0180. The van der Waals surface area contributed by atoms with E-state index in [1.807, 2.05) is 33.1 Å². The Bertz CT molecular complexity index is 331. The van der Waals surface area contributed by atoms with E-state index in [1.165, 1.54) is 0 Å². The molecule has 0 aromatic rings. The zero-order valence-electron chi connectivity index (χ0n) is 13.2. The molecule has 1 heterocycles. The van der Waals surface area contributed by atoms with Crippen molar-refractivity contribution < 1.29 is 9.59 Å². The normalized spacial score (nSPS) is 19.2. The molecule has 116 valence electrons. The van der Waals surface area contributed by atoms with Crippen LogP contribution in [0, 0.1) is 5.92 Å². The molecule has 1 aliphatic heterocycles. The third-order valence-electron chi connectivity index (χ3n) is 3.48. The topological polar surface area (TPSA) is 55.9 Å². The quantitative estimate of drug-likeness (QED) is 0.609. The number of nitrogens with zero attached hydrogens (tertiary/aromatic N) is 3. The van der Waals surface area contributed by atoms with Gasteiger partial charge in [-0.25, -0.2) is 0 Å². The summed E-state index contributed by atoms with van der Waals surface area (Å²) in [5, 5.41) is 2.93. The van der Waals surface area contributed by atoms with Crippen LogP contribution in [0.3, 0.4) is 0 Å². The summed E-state index contributed by atoms with van der Waals surface area (Å²) in [7, 11) is 7.99. The van der Waals surface area contributed by atoms with Crippen LogP contribution in [0.4, 0.5) is 0 Å². The van der Waals surface area contributed by atoms with Crippen molar-refractivity contribution in [1.29, 1.82) is 0 Å². The highest BCUT2D eigenvalue weighted by Crippen LogP contribution is 2.17. The number of rotatable bonds is 8. The summed E-state index contributed by atoms with van der Waals surface area (Å²) < 4.78 is 0. The van der Waals surface area contributed by atoms with Crippen molar-refractivity contribution in [3.05, 3.63) is 0 Å². The van der Waals surface area contributed by atoms with Crippen LogP contribution >= 0.6 is 0 Å². The fraction of sp³-hybridized carbons (Fsp3) is 0.857. The number of likely N-dealkylation sites (tertiary alicyclic amines) is 1. The molecule has 0 aromatic heterocycles. The molecule has 1 aliphatic rings. The summed E-state index contributed by atoms with van der Waals surface area (Å²) in [5.41, 5.74) is 0. The third kappa shape index (κ3) is 5.88. The van der Waals surface area contributed by atoms with Gasteiger partial charge in [-0.15, -0.1) is 0 Å². The fourth-order valence-electron chi connectivity index (χ4n) is 2.24. The standard InChI is InChI=1S/C14H28N4O2/c1-16(2)7-5-6-15-14(20)12-10-13(19)18(11-12)9-8-17(3)4/h12H,5-11H2,1-4H3,(H,15,20). The van der Waals surface area contributed by atoms with Crippen molar-refractivity contribution in [1.82, 2.24) is 20.0 Å². The maximum absolute atomic E-state index is 12.0. The van der Waals surface area contributed by atoms with Gasteiger partial charge in [0.25, 0.3) is 0 Å². The summed E-state index contributed by atoms with van der Waals surface area (Å²) in [6.45, 7) is 3.74. The molecule has 0 spiro atoms. The van der Waals surface area contributed by atoms with Crippen LogP contribution in [-0.2, 0) is 9.59 Å². The van der Waals surface area contributed by atoms with Crippen LogP contribution in [0.5, 0.6) is 0 Å². The summed E-state index contributed by atoms with van der Waals surface area (Å²) in [4.78, 5) is 29.8. The monoisotopic (exact) mass is 284 g/mol. The van der Waals surface area contributed by atoms with Gasteiger partial charge in [-0.1, -0.05) is 0 Å². The highest BCUT2D eigenvalue weighted by molar-refractivity contribution is 5.89. The first-order chi connectivity index (χ1) is 9.40. The van der Waals surface area contributed by atoms with Crippen molar-refractivity contribution in [2.24, 2.45) is 5.92 Å². The van der Waals surface area contributed by atoms with Gasteiger partial charge in [0, 0.05) is 32.6 Å². The fourth-order valence-corrected chi connectivity index (χ4v) is 2.24. The average Bonchev–Trinajstić information content (AvgIpc) is 2.73. The number of carbonyl (C=O) groups excluding carboxylic acids is 2. The maximum Gasteiger partial charge on any atom is 0.225 e. The van der Waals surface area contributed by atoms with Crippen molar-refractivity contribution in [2.75, 3.05) is 60.9 Å². The van der Waals surface area contributed by atoms with Crippen molar-refractivity contribution in [3.63, 3.8) is 0 Å². The van der Waals surface area contributed by atoms with E-state index in [2.05, 4.69) is 10.2 Å². The summed E-state index contributed by atoms with van der Waals surface area (Å²) >= 11 is 0. The van der Waals surface area contributed by atoms with Gasteiger partial charge >= 0.3 is 0 Å². The van der Waals surface area contributed by atoms with Crippen LogP contribution in [0.1, 0.15) is 12.8 Å². The molecule has 2 amide bonds. The molecule has 0 aromatic carbocycles. The Balaban J connectivity index is 2.27. The number of hydrogen-bond acceptors (Lipinski definition) is 4. The molecular weight excluding hydrogens is 256 g/mol. The molecule has 0 bridgehead atoms. The van der Waals surface area contributed by atoms with Crippen LogP contribution < -0.4 is 5.32 Å². The third-order valence-corrected chi connectivity index (χ3v) is 3.48. The van der Waals surface area contributed by atoms with E-state index >= 15 is 0 Å². The van der Waals surface area contributed by atoms with Crippen LogP contribution in [0.25, 0.3) is 0 Å². The van der Waals surface area contributed by atoms with E-state index in [-0.39, 0.29) is 17.7 Å². The Kier molecular flexibility index (Phi) is 6.95. The first kappa shape index (κ1) is 16.9. The second kappa shape index (κ2) is 8.21. The highest BCUT2D eigenvalue weighted by atomic mass is 16.2. The van der Waals surface area contributed by atoms with E-state index in [0.29, 0.717) is 26.1 Å². The Morgan fingerprint density at radius 3 is 2.50 bits per heavy atom. The zero-order chi connectivity index (χ0) is 15.1. The number of amides is 2. The van der Waals surface area contributed by atoms with E-state index in [0.717, 1.165) is 19.5 Å². The molecule has 1 fully saturated rings. The van der Waals surface area contributed by atoms with Crippen molar-refractivity contribution in [3.8, 4) is 0 Å². The van der Waals surface area contributed by atoms with Gasteiger partial charge in [-0.05, 0) is 41.2 Å². The van der Waals surface area contributed by atoms with E-state index < -0.39 is 0 Å². The lowest BCUT2D eigenvalue weighted by Gasteiger charge is -2.19. The molecule has 0 aliphatic carbocycles. The molecule has 0 saturated carbocycles. The van der Waals surface area contributed by atoms with Crippen molar-refractivity contribution >= 4 is 11.8 Å². The second-order valence-electron chi connectivity index (χ2n) is 5.99. The largest absolute Gasteiger partial charge is 0.356 e. The minimum atomic E-state index is -0.177. The number of hydrogen-bond donors (Lipinski definition) is 1. The molecule has 1 rings (SSSR count). The van der Waals surface area contributed by atoms with E-state index in [1.54, 1.807) is 4.90 Å². The van der Waals surface area contributed by atoms with Gasteiger partial charge in [0.15, 0.2) is 0 Å². The molecule has 20 heavy (non-hydrogen) atoms. The molecule has 1 unspecified atom stereocenters. The Morgan fingerprint density at radius 1 is 1.25 bits per heavy atom. The minimum Gasteiger partial charge on any atom is -0.356 e. The van der Waals surface area contributed by atoms with Crippen LogP contribution in [0.15, 0.2) is 0 Å². The predicted octanol–water partition coefficient (Wildman–Crippen LogP) is -0.536. The van der Waals surface area contributed by atoms with Gasteiger partial charge < -0.3 is 20.0 Å². The van der Waals surface area contributed by atoms with Gasteiger partial charge in [-0.3, -0.25) is 9.59 Å². The summed E-state index contributed by atoms with van der Waals surface area (Å²) in [5.74, 6) is -0.0613. The summed E-state index contributed by atoms with van der Waals surface area (Å²) in [6.07, 6.45) is 1.29. The molecule has 1 N–H and O–H groups in total. The lowest BCUT2D eigenvalue weighted by Crippen LogP contribution is -2.36. The lowest BCUT2D eigenvalue weighted by atomic mass is 10.1. The Labute approximate surface area is 122 Å². The van der Waals surface area contributed by atoms with Crippen LogP contribution in [-0.4, -0.2) is 87.4 Å². The highest BCUT2D eigenvalue weighted by Gasteiger charge is 2.33. The van der Waals surface area contributed by atoms with Gasteiger partial charge in [0.05, 0.1) is 5.92 Å². The number of nitrogens with one attached hydrogen (secondary N) is 1. The Morgan fingerprint density at radius 2 is 1.90 bits per heavy atom. The van der Waals surface area contributed by atoms with E-state index in [4.69, 9.17) is 0 Å². The molecule has 6 heteroatoms. The Hall–Kier alpha value is -1.14. The van der Waals surface area contributed by atoms with Crippen LogP contribution in [0.2, 0.25) is 0 Å². The first-order valence-corrected chi connectivity index (χ1v) is 7.25. The molecular formula is C14H28N4O2. The van der Waals surface area contributed by atoms with Crippen molar-refractivity contribution in [2.45, 2.75) is 12.8 Å². The molecule has 6 nitrogen and oxygen atoms in total.